The number of aliphatic hydroxyl groups excluding tert-OH is 1. The summed E-state index contributed by atoms with van der Waals surface area (Å²) in [6, 6.07) is 0. The van der Waals surface area contributed by atoms with Crippen LogP contribution in [0, 0.1) is 11.8 Å². The zero-order chi connectivity index (χ0) is 21.0. The molecule has 0 aromatic heterocycles. The highest BCUT2D eigenvalue weighted by Gasteiger charge is 2.32. The van der Waals surface area contributed by atoms with Gasteiger partial charge in [-0.15, -0.1) is 6.58 Å². The number of hydrogen-bond acceptors (Lipinski definition) is 5. The molecule has 0 amide bonds. The van der Waals surface area contributed by atoms with Gasteiger partial charge in [-0.3, -0.25) is 4.79 Å². The molecule has 28 heavy (non-hydrogen) atoms. The van der Waals surface area contributed by atoms with Crippen molar-refractivity contribution in [2.24, 2.45) is 11.8 Å². The first-order valence-electron chi connectivity index (χ1n) is 10.8. The van der Waals surface area contributed by atoms with Crippen molar-refractivity contribution in [1.82, 2.24) is 0 Å². The predicted octanol–water partition coefficient (Wildman–Crippen LogP) is 4.12. The van der Waals surface area contributed by atoms with Crippen LogP contribution >= 0.6 is 0 Å². The minimum Gasteiger partial charge on any atom is -0.464 e. The maximum absolute atomic E-state index is 12.2. The van der Waals surface area contributed by atoms with Crippen molar-refractivity contribution < 1.29 is 24.5 Å². The fourth-order valence-corrected chi connectivity index (χ4v) is 3.94. The Bertz CT molecular complexity index is 527. The number of Topliss-reactive ketones (excluding diaryl/α,β-unsaturated/α-hetero) is 1. The second-order valence-corrected chi connectivity index (χ2v) is 7.87. The van der Waals surface area contributed by atoms with Crippen molar-refractivity contribution in [2.75, 3.05) is 6.61 Å². The topological polar surface area (TPSA) is 83.8 Å². The summed E-state index contributed by atoms with van der Waals surface area (Å²) in [6.45, 7) is 7.77. The molecule has 0 heterocycles. The summed E-state index contributed by atoms with van der Waals surface area (Å²) in [5.41, 5.74) is -0.858. The normalized spacial score (nSPS) is 22.9. The molecule has 0 aromatic rings. The standard InChI is InChI=1S/C23H38O5/c1-4-16-23(27,5-2)17-10-11-18-14-15-20(24)19(18)12-8-7-9-13-21(25)22(26)28-6-3/h5,10-11,18-19,21,25,27H,2,4,6-9,12-17H2,1,3H3/t18-,19+,21?,23?/m0/s1. The molecule has 1 aliphatic carbocycles. The third kappa shape index (κ3) is 8.27. The zero-order valence-corrected chi connectivity index (χ0v) is 17.6. The van der Waals surface area contributed by atoms with Crippen molar-refractivity contribution in [3.05, 3.63) is 24.8 Å². The predicted molar refractivity (Wildman–Crippen MR) is 111 cm³/mol. The molecule has 0 aliphatic heterocycles. The van der Waals surface area contributed by atoms with Gasteiger partial charge in [0, 0.05) is 12.3 Å². The largest absolute Gasteiger partial charge is 0.464 e. The Kier molecular flexibility index (Phi) is 11.3. The van der Waals surface area contributed by atoms with Crippen molar-refractivity contribution in [2.45, 2.75) is 89.8 Å². The molecule has 5 nitrogen and oxygen atoms in total. The summed E-state index contributed by atoms with van der Waals surface area (Å²) < 4.78 is 4.79. The van der Waals surface area contributed by atoms with Crippen LogP contribution in [0.3, 0.4) is 0 Å². The summed E-state index contributed by atoms with van der Waals surface area (Å²) in [4.78, 5) is 23.6. The average molecular weight is 395 g/mol. The Morgan fingerprint density at radius 1 is 1.36 bits per heavy atom. The van der Waals surface area contributed by atoms with Crippen LogP contribution < -0.4 is 0 Å². The molecule has 0 spiro atoms. The van der Waals surface area contributed by atoms with Crippen molar-refractivity contribution >= 4 is 11.8 Å². The Balaban J connectivity index is 2.38. The van der Waals surface area contributed by atoms with E-state index in [4.69, 9.17) is 4.74 Å². The number of rotatable bonds is 14. The molecule has 4 atom stereocenters. The molecule has 1 aliphatic rings. The van der Waals surface area contributed by atoms with Crippen LogP contribution in [0.15, 0.2) is 24.8 Å². The smallest absolute Gasteiger partial charge is 0.334 e. The number of carbonyl (C=O) groups is 2. The van der Waals surface area contributed by atoms with E-state index in [1.54, 1.807) is 13.0 Å². The van der Waals surface area contributed by atoms with Gasteiger partial charge in [-0.1, -0.05) is 50.8 Å². The first-order valence-corrected chi connectivity index (χ1v) is 10.8. The summed E-state index contributed by atoms with van der Waals surface area (Å²) in [5.74, 6) is 0.0671. The lowest BCUT2D eigenvalue weighted by Crippen LogP contribution is -2.24. The number of carbonyl (C=O) groups excluding carboxylic acids is 2. The van der Waals surface area contributed by atoms with E-state index in [0.717, 1.165) is 38.5 Å². The maximum atomic E-state index is 12.2. The van der Waals surface area contributed by atoms with Crippen LogP contribution in [-0.2, 0) is 14.3 Å². The lowest BCUT2D eigenvalue weighted by Gasteiger charge is -2.22. The number of unbranched alkanes of at least 4 members (excludes halogenated alkanes) is 2. The van der Waals surface area contributed by atoms with Gasteiger partial charge >= 0.3 is 5.97 Å². The number of hydrogen-bond donors (Lipinski definition) is 2. The third-order valence-electron chi connectivity index (χ3n) is 5.62. The number of allylic oxidation sites excluding steroid dienone is 1. The van der Waals surface area contributed by atoms with Crippen molar-refractivity contribution in [3.63, 3.8) is 0 Å². The Hall–Kier alpha value is -1.46. The zero-order valence-electron chi connectivity index (χ0n) is 17.6. The first-order chi connectivity index (χ1) is 13.4. The molecule has 2 N–H and O–H groups in total. The molecule has 5 heteroatoms. The lowest BCUT2D eigenvalue weighted by molar-refractivity contribution is -0.153. The molecule has 0 aromatic carbocycles. The van der Waals surface area contributed by atoms with Gasteiger partial charge in [-0.05, 0) is 44.9 Å². The molecular formula is C23H38O5. The Labute approximate surface area is 169 Å². The SMILES string of the molecule is C=CC(O)(CC=C[C@H]1CCC(=O)[C@@H]1CCCCCC(O)C(=O)OCC)CCC. The van der Waals surface area contributed by atoms with Gasteiger partial charge in [0.05, 0.1) is 12.2 Å². The number of esters is 1. The molecule has 2 unspecified atom stereocenters. The molecule has 0 radical (unpaired) electrons. The van der Waals surface area contributed by atoms with Crippen LogP contribution in [0.2, 0.25) is 0 Å². The van der Waals surface area contributed by atoms with Crippen LogP contribution in [0.5, 0.6) is 0 Å². The van der Waals surface area contributed by atoms with Crippen LogP contribution in [0.25, 0.3) is 0 Å². The second-order valence-electron chi connectivity index (χ2n) is 7.87. The maximum Gasteiger partial charge on any atom is 0.334 e. The summed E-state index contributed by atoms with van der Waals surface area (Å²) in [6.07, 6.45) is 12.1. The van der Waals surface area contributed by atoms with E-state index in [2.05, 4.69) is 12.7 Å². The van der Waals surface area contributed by atoms with Gasteiger partial charge < -0.3 is 14.9 Å². The van der Waals surface area contributed by atoms with Crippen LogP contribution in [0.4, 0.5) is 0 Å². The monoisotopic (exact) mass is 394 g/mol. The number of aliphatic hydroxyl groups is 2. The minimum atomic E-state index is -1.05. The highest BCUT2D eigenvalue weighted by Crippen LogP contribution is 2.34. The van der Waals surface area contributed by atoms with E-state index < -0.39 is 17.7 Å². The quantitative estimate of drug-likeness (QED) is 0.263. The van der Waals surface area contributed by atoms with Gasteiger partial charge in [0.25, 0.3) is 0 Å². The number of ether oxygens (including phenoxy) is 1. The molecule has 1 rings (SSSR count). The molecule has 1 saturated carbocycles. The first kappa shape index (κ1) is 24.6. The van der Waals surface area contributed by atoms with Gasteiger partial charge in [0.1, 0.15) is 5.78 Å². The van der Waals surface area contributed by atoms with E-state index in [-0.39, 0.29) is 18.4 Å². The molecule has 1 fully saturated rings. The van der Waals surface area contributed by atoms with Crippen molar-refractivity contribution in [1.29, 1.82) is 0 Å². The molecule has 0 bridgehead atoms. The minimum absolute atomic E-state index is 0.0502. The van der Waals surface area contributed by atoms with Crippen LogP contribution in [0.1, 0.15) is 78.1 Å². The fraction of sp³-hybridized carbons (Fsp3) is 0.739. The molecule has 0 saturated heterocycles. The van der Waals surface area contributed by atoms with E-state index in [1.165, 1.54) is 0 Å². The summed E-state index contributed by atoms with van der Waals surface area (Å²) in [5, 5.41) is 20.1. The Morgan fingerprint density at radius 3 is 2.75 bits per heavy atom. The third-order valence-corrected chi connectivity index (χ3v) is 5.62. The van der Waals surface area contributed by atoms with E-state index >= 15 is 0 Å². The van der Waals surface area contributed by atoms with Crippen LogP contribution in [-0.4, -0.2) is 40.3 Å². The summed E-state index contributed by atoms with van der Waals surface area (Å²) in [7, 11) is 0. The van der Waals surface area contributed by atoms with E-state index in [1.807, 2.05) is 13.0 Å². The highest BCUT2D eigenvalue weighted by molar-refractivity contribution is 5.83. The van der Waals surface area contributed by atoms with Gasteiger partial charge in [0.15, 0.2) is 6.10 Å². The average Bonchev–Trinajstić information content (AvgIpc) is 3.01. The van der Waals surface area contributed by atoms with E-state index in [9.17, 15) is 19.8 Å². The summed E-state index contributed by atoms with van der Waals surface area (Å²) >= 11 is 0. The van der Waals surface area contributed by atoms with Crippen molar-refractivity contribution in [3.8, 4) is 0 Å². The lowest BCUT2D eigenvalue weighted by atomic mass is 9.88. The molecule has 160 valence electrons. The highest BCUT2D eigenvalue weighted by atomic mass is 16.5. The number of ketones is 1. The van der Waals surface area contributed by atoms with Gasteiger partial charge in [0.2, 0.25) is 0 Å². The fourth-order valence-electron chi connectivity index (χ4n) is 3.94. The molecular weight excluding hydrogens is 356 g/mol. The second kappa shape index (κ2) is 12.9. The van der Waals surface area contributed by atoms with Gasteiger partial charge in [-0.25, -0.2) is 4.79 Å². The van der Waals surface area contributed by atoms with E-state index in [0.29, 0.717) is 31.5 Å². The Morgan fingerprint density at radius 2 is 2.11 bits per heavy atom. The van der Waals surface area contributed by atoms with Gasteiger partial charge in [-0.2, -0.15) is 0 Å².